The minimum absolute atomic E-state index is 0.0804. The zero-order valence-electron chi connectivity index (χ0n) is 37.2. The van der Waals surface area contributed by atoms with Crippen LogP contribution in [0.5, 0.6) is 0 Å². The van der Waals surface area contributed by atoms with Gasteiger partial charge in [-0.3, -0.25) is 14.4 Å². The van der Waals surface area contributed by atoms with E-state index in [1.165, 1.54) is 122 Å². The van der Waals surface area contributed by atoms with Gasteiger partial charge in [-0.15, -0.1) is 0 Å². The molecule has 0 aliphatic carbocycles. The van der Waals surface area contributed by atoms with Gasteiger partial charge in [0.2, 0.25) is 0 Å². The highest BCUT2D eigenvalue weighted by Crippen LogP contribution is 2.15. The fourth-order valence-electron chi connectivity index (χ4n) is 6.81. The van der Waals surface area contributed by atoms with Gasteiger partial charge in [-0.2, -0.15) is 0 Å². The van der Waals surface area contributed by atoms with Crippen molar-refractivity contribution in [3.8, 4) is 0 Å². The lowest BCUT2D eigenvalue weighted by Crippen LogP contribution is -2.30. The van der Waals surface area contributed by atoms with Gasteiger partial charge < -0.3 is 14.2 Å². The van der Waals surface area contributed by atoms with Crippen molar-refractivity contribution in [3.05, 3.63) is 36.5 Å². The molecule has 0 rings (SSSR count). The van der Waals surface area contributed by atoms with E-state index < -0.39 is 6.10 Å². The van der Waals surface area contributed by atoms with Crippen LogP contribution in [-0.4, -0.2) is 37.2 Å². The lowest BCUT2D eigenvalue weighted by molar-refractivity contribution is -0.167. The molecule has 6 nitrogen and oxygen atoms in total. The molecule has 0 aromatic carbocycles. The summed E-state index contributed by atoms with van der Waals surface area (Å²) in [6, 6.07) is 0. The second-order valence-electron chi connectivity index (χ2n) is 16.0. The topological polar surface area (TPSA) is 78.9 Å². The summed E-state index contributed by atoms with van der Waals surface area (Å²) in [5.74, 6) is -0.905. The van der Waals surface area contributed by atoms with Gasteiger partial charge in [-0.1, -0.05) is 211 Å². The molecule has 0 aromatic rings. The maximum absolute atomic E-state index is 12.7. The standard InChI is InChI=1S/C50H90O6/c1-4-7-10-13-16-19-22-24-25-27-28-31-34-37-40-43-49(52)55-46-47(45-54-48(51)42-39-36-33-30-21-18-15-12-9-6-3)56-50(53)44-41-38-35-32-29-26-23-20-17-14-11-8-5-2/h8,11,17,20,26,29,47H,4-7,9-10,12-16,18-19,21-25,27-28,30-46H2,1-3H3/b11-8-,20-17-,29-26-. The summed E-state index contributed by atoms with van der Waals surface area (Å²) in [7, 11) is 0. The minimum atomic E-state index is -0.780. The number of rotatable bonds is 43. The van der Waals surface area contributed by atoms with Crippen LogP contribution < -0.4 is 0 Å². The second-order valence-corrected chi connectivity index (χ2v) is 16.0. The average Bonchev–Trinajstić information content (AvgIpc) is 3.19. The van der Waals surface area contributed by atoms with Crippen molar-refractivity contribution >= 4 is 17.9 Å². The van der Waals surface area contributed by atoms with Gasteiger partial charge in [-0.25, -0.2) is 0 Å². The molecule has 0 fully saturated rings. The first kappa shape index (κ1) is 53.6. The molecule has 326 valence electrons. The molecule has 0 amide bonds. The van der Waals surface area contributed by atoms with Crippen molar-refractivity contribution in [2.45, 2.75) is 252 Å². The Hall–Kier alpha value is -2.37. The molecule has 6 heteroatoms. The number of ether oxygens (including phenoxy) is 3. The molecule has 1 unspecified atom stereocenters. The maximum Gasteiger partial charge on any atom is 0.306 e. The number of carbonyl (C=O) groups is 3. The van der Waals surface area contributed by atoms with E-state index in [1.54, 1.807) is 0 Å². The molecular weight excluding hydrogens is 697 g/mol. The first-order valence-corrected chi connectivity index (χ1v) is 24.0. The van der Waals surface area contributed by atoms with Gasteiger partial charge in [0.15, 0.2) is 6.10 Å². The second kappa shape index (κ2) is 45.3. The highest BCUT2D eigenvalue weighted by molar-refractivity contribution is 5.71. The van der Waals surface area contributed by atoms with E-state index in [4.69, 9.17) is 14.2 Å². The minimum Gasteiger partial charge on any atom is -0.462 e. The maximum atomic E-state index is 12.7. The normalized spacial score (nSPS) is 12.3. The Bertz CT molecular complexity index is 953. The quantitative estimate of drug-likeness (QED) is 0.0265. The SMILES string of the molecule is CC/C=C\C/C=C\C/C=C\CCCCCC(=O)OC(COC(=O)CCCCCCCCCCCC)COC(=O)CCCCCCCCCCCCCCCCC. The number of hydrogen-bond donors (Lipinski definition) is 0. The molecule has 0 N–H and O–H groups in total. The largest absolute Gasteiger partial charge is 0.462 e. The summed E-state index contributed by atoms with van der Waals surface area (Å²) in [6.45, 7) is 6.50. The Labute approximate surface area is 346 Å². The molecule has 0 heterocycles. The van der Waals surface area contributed by atoms with Gasteiger partial charge in [0.05, 0.1) is 0 Å². The molecule has 56 heavy (non-hydrogen) atoms. The number of allylic oxidation sites excluding steroid dienone is 6. The van der Waals surface area contributed by atoms with Crippen LogP contribution in [0, 0.1) is 0 Å². The van der Waals surface area contributed by atoms with Gasteiger partial charge >= 0.3 is 17.9 Å². The summed E-state index contributed by atoms with van der Waals surface area (Å²) in [5, 5.41) is 0. The molecule has 1 atom stereocenters. The van der Waals surface area contributed by atoms with Gasteiger partial charge in [-0.05, 0) is 51.4 Å². The molecule has 0 aliphatic heterocycles. The third-order valence-corrected chi connectivity index (χ3v) is 10.4. The highest BCUT2D eigenvalue weighted by Gasteiger charge is 2.19. The van der Waals surface area contributed by atoms with Crippen LogP contribution in [0.1, 0.15) is 245 Å². The van der Waals surface area contributed by atoms with Gasteiger partial charge in [0.25, 0.3) is 0 Å². The van der Waals surface area contributed by atoms with Crippen molar-refractivity contribution in [1.82, 2.24) is 0 Å². The van der Waals surface area contributed by atoms with Crippen LogP contribution >= 0.6 is 0 Å². The summed E-state index contributed by atoms with van der Waals surface area (Å²) < 4.78 is 16.7. The Kier molecular flexibility index (Phi) is 43.4. The van der Waals surface area contributed by atoms with Crippen molar-refractivity contribution in [3.63, 3.8) is 0 Å². The van der Waals surface area contributed by atoms with E-state index in [1.807, 2.05) is 0 Å². The zero-order valence-corrected chi connectivity index (χ0v) is 37.2. The average molecular weight is 787 g/mol. The number of hydrogen-bond acceptors (Lipinski definition) is 6. The number of carbonyl (C=O) groups excluding carboxylic acids is 3. The Morgan fingerprint density at radius 3 is 1.09 bits per heavy atom. The fourth-order valence-corrected chi connectivity index (χ4v) is 6.81. The van der Waals surface area contributed by atoms with Gasteiger partial charge in [0.1, 0.15) is 13.2 Å². The third-order valence-electron chi connectivity index (χ3n) is 10.4. The van der Waals surface area contributed by atoms with Crippen LogP contribution in [0.25, 0.3) is 0 Å². The first-order chi connectivity index (χ1) is 27.5. The number of esters is 3. The Morgan fingerprint density at radius 1 is 0.375 bits per heavy atom. The third kappa shape index (κ3) is 42.8. The van der Waals surface area contributed by atoms with E-state index in [9.17, 15) is 14.4 Å². The molecule has 0 saturated heterocycles. The van der Waals surface area contributed by atoms with E-state index in [0.717, 1.165) is 83.5 Å². The highest BCUT2D eigenvalue weighted by atomic mass is 16.6. The summed E-state index contributed by atoms with van der Waals surface area (Å²) in [4.78, 5) is 37.8. The van der Waals surface area contributed by atoms with Crippen LogP contribution in [0.2, 0.25) is 0 Å². The molecular formula is C50H90O6. The van der Waals surface area contributed by atoms with E-state index in [2.05, 4.69) is 57.2 Å². The molecule has 0 saturated carbocycles. The smallest absolute Gasteiger partial charge is 0.306 e. The molecule has 0 spiro atoms. The summed E-state index contributed by atoms with van der Waals surface area (Å²) >= 11 is 0. The van der Waals surface area contributed by atoms with Crippen LogP contribution in [0.3, 0.4) is 0 Å². The Balaban J connectivity index is 4.37. The van der Waals surface area contributed by atoms with Gasteiger partial charge in [0, 0.05) is 19.3 Å². The van der Waals surface area contributed by atoms with Crippen LogP contribution in [0.15, 0.2) is 36.5 Å². The summed E-state index contributed by atoms with van der Waals surface area (Å²) in [6.07, 6.45) is 51.3. The van der Waals surface area contributed by atoms with Crippen molar-refractivity contribution in [2.75, 3.05) is 13.2 Å². The predicted octanol–water partition coefficient (Wildman–Crippen LogP) is 15.4. The van der Waals surface area contributed by atoms with E-state index in [0.29, 0.717) is 19.3 Å². The molecule has 0 aromatic heterocycles. The Morgan fingerprint density at radius 2 is 0.696 bits per heavy atom. The summed E-state index contributed by atoms with van der Waals surface area (Å²) in [5.41, 5.74) is 0. The molecule has 0 bridgehead atoms. The van der Waals surface area contributed by atoms with Crippen LogP contribution in [0.4, 0.5) is 0 Å². The molecule has 0 radical (unpaired) electrons. The zero-order chi connectivity index (χ0) is 40.8. The van der Waals surface area contributed by atoms with Crippen molar-refractivity contribution in [1.29, 1.82) is 0 Å². The monoisotopic (exact) mass is 787 g/mol. The predicted molar refractivity (Wildman–Crippen MR) is 238 cm³/mol. The lowest BCUT2D eigenvalue weighted by atomic mass is 10.0. The van der Waals surface area contributed by atoms with E-state index >= 15 is 0 Å². The number of unbranched alkanes of at least 4 members (excludes halogenated alkanes) is 26. The van der Waals surface area contributed by atoms with Crippen molar-refractivity contribution in [2.24, 2.45) is 0 Å². The first-order valence-electron chi connectivity index (χ1n) is 24.0. The van der Waals surface area contributed by atoms with E-state index in [-0.39, 0.29) is 31.1 Å². The fraction of sp³-hybridized carbons (Fsp3) is 0.820. The van der Waals surface area contributed by atoms with Crippen molar-refractivity contribution < 1.29 is 28.6 Å². The lowest BCUT2D eigenvalue weighted by Gasteiger charge is -2.18. The molecule has 0 aliphatic rings. The van der Waals surface area contributed by atoms with Crippen LogP contribution in [-0.2, 0) is 28.6 Å².